The zero-order valence-corrected chi connectivity index (χ0v) is 19.4. The van der Waals surface area contributed by atoms with Crippen molar-refractivity contribution in [1.82, 2.24) is 4.57 Å². The number of aromatic nitrogens is 1. The molecule has 0 aliphatic heterocycles. The molecule has 0 aliphatic carbocycles. The SMILES string of the molecule is N#Cc1cc(Oc2ccc(-n3cc(CC(O)CO)c4c(C(O)CO)cccc43)cc2)ccc1C(F)(F)F. The Morgan fingerprint density at radius 3 is 2.27 bits per heavy atom. The second-order valence-electron chi connectivity index (χ2n) is 8.42. The molecule has 4 rings (SSSR count). The van der Waals surface area contributed by atoms with E-state index < -0.39 is 42.7 Å². The van der Waals surface area contributed by atoms with Gasteiger partial charge in [-0.05, 0) is 59.7 Å². The number of hydrogen-bond donors (Lipinski definition) is 4. The monoisotopic (exact) mass is 512 g/mol. The molecule has 2 unspecified atom stereocenters. The fourth-order valence-electron chi connectivity index (χ4n) is 4.20. The molecule has 0 amide bonds. The Hall–Kier alpha value is -3.88. The number of aliphatic hydroxyl groups is 4. The third kappa shape index (κ3) is 5.45. The first-order chi connectivity index (χ1) is 17.7. The highest BCUT2D eigenvalue weighted by Gasteiger charge is 2.33. The lowest BCUT2D eigenvalue weighted by Crippen LogP contribution is -2.15. The molecule has 192 valence electrons. The molecular weight excluding hydrogens is 489 g/mol. The predicted molar refractivity (Wildman–Crippen MR) is 128 cm³/mol. The summed E-state index contributed by atoms with van der Waals surface area (Å²) in [5.74, 6) is 0.405. The summed E-state index contributed by atoms with van der Waals surface area (Å²) in [5, 5.41) is 48.9. The number of alkyl halides is 3. The van der Waals surface area contributed by atoms with Crippen LogP contribution >= 0.6 is 0 Å². The molecule has 3 aromatic carbocycles. The van der Waals surface area contributed by atoms with Gasteiger partial charge >= 0.3 is 6.18 Å². The van der Waals surface area contributed by atoms with E-state index in [1.807, 2.05) is 10.6 Å². The van der Waals surface area contributed by atoms with Gasteiger partial charge in [-0.1, -0.05) is 12.1 Å². The lowest BCUT2D eigenvalue weighted by molar-refractivity contribution is -0.137. The van der Waals surface area contributed by atoms with Gasteiger partial charge in [-0.3, -0.25) is 0 Å². The minimum absolute atomic E-state index is 0.0756. The van der Waals surface area contributed by atoms with Gasteiger partial charge in [0.1, 0.15) is 17.6 Å². The molecule has 0 saturated carbocycles. The first-order valence-corrected chi connectivity index (χ1v) is 11.3. The van der Waals surface area contributed by atoms with Crippen LogP contribution in [0.5, 0.6) is 11.5 Å². The Morgan fingerprint density at radius 1 is 0.946 bits per heavy atom. The third-order valence-corrected chi connectivity index (χ3v) is 5.91. The quantitative estimate of drug-likeness (QED) is 0.281. The van der Waals surface area contributed by atoms with Crippen molar-refractivity contribution in [1.29, 1.82) is 5.26 Å². The molecule has 0 radical (unpaired) electrons. The van der Waals surface area contributed by atoms with E-state index in [1.54, 1.807) is 48.7 Å². The van der Waals surface area contributed by atoms with Gasteiger partial charge in [-0.25, -0.2) is 0 Å². The Kier molecular flexibility index (Phi) is 7.52. The Balaban J connectivity index is 1.68. The van der Waals surface area contributed by atoms with Crippen LogP contribution in [0.2, 0.25) is 0 Å². The average Bonchev–Trinajstić information content (AvgIpc) is 3.26. The van der Waals surface area contributed by atoms with Crippen LogP contribution in [0.4, 0.5) is 13.2 Å². The second kappa shape index (κ2) is 10.6. The van der Waals surface area contributed by atoms with Gasteiger partial charge in [0.15, 0.2) is 0 Å². The summed E-state index contributed by atoms with van der Waals surface area (Å²) in [6.45, 7) is -0.934. The molecule has 10 heteroatoms. The molecule has 4 aromatic rings. The van der Waals surface area contributed by atoms with E-state index in [-0.39, 0.29) is 12.2 Å². The number of benzene rings is 3. The topological polar surface area (TPSA) is 119 Å². The molecule has 0 bridgehead atoms. The van der Waals surface area contributed by atoms with Crippen molar-refractivity contribution in [2.75, 3.05) is 13.2 Å². The summed E-state index contributed by atoms with van der Waals surface area (Å²) in [7, 11) is 0. The summed E-state index contributed by atoms with van der Waals surface area (Å²) in [4.78, 5) is 0. The summed E-state index contributed by atoms with van der Waals surface area (Å²) in [6.07, 6.45) is -4.92. The molecular formula is C27H23F3N2O5. The van der Waals surface area contributed by atoms with Crippen LogP contribution in [0.25, 0.3) is 16.6 Å². The van der Waals surface area contributed by atoms with Gasteiger partial charge in [0, 0.05) is 23.7 Å². The highest BCUT2D eigenvalue weighted by atomic mass is 19.4. The predicted octanol–water partition coefficient (Wildman–Crippen LogP) is 4.23. The van der Waals surface area contributed by atoms with Crippen LogP contribution in [0, 0.1) is 11.3 Å². The summed E-state index contributed by atoms with van der Waals surface area (Å²) in [5.41, 5.74) is 0.940. The fraction of sp³-hybridized carbons (Fsp3) is 0.222. The fourth-order valence-corrected chi connectivity index (χ4v) is 4.20. The second-order valence-corrected chi connectivity index (χ2v) is 8.42. The highest BCUT2D eigenvalue weighted by molar-refractivity contribution is 5.89. The molecule has 0 aliphatic rings. The maximum absolute atomic E-state index is 13.0. The van der Waals surface area contributed by atoms with E-state index in [4.69, 9.17) is 10.00 Å². The lowest BCUT2D eigenvalue weighted by Gasteiger charge is -2.13. The summed E-state index contributed by atoms with van der Waals surface area (Å²) in [6, 6.07) is 16.4. The van der Waals surface area contributed by atoms with E-state index in [0.717, 1.165) is 18.2 Å². The van der Waals surface area contributed by atoms with Gasteiger partial charge in [0.2, 0.25) is 0 Å². The number of nitriles is 1. The molecule has 7 nitrogen and oxygen atoms in total. The Labute approximate surface area is 209 Å². The minimum atomic E-state index is -4.65. The number of aliphatic hydroxyl groups excluding tert-OH is 4. The van der Waals surface area contributed by atoms with Crippen molar-refractivity contribution in [2.24, 2.45) is 0 Å². The number of fused-ring (bicyclic) bond motifs is 1. The number of nitrogens with zero attached hydrogens (tertiary/aromatic N) is 2. The Morgan fingerprint density at radius 2 is 1.65 bits per heavy atom. The van der Waals surface area contributed by atoms with Crippen LogP contribution in [0.15, 0.2) is 66.9 Å². The molecule has 0 spiro atoms. The van der Waals surface area contributed by atoms with Crippen LogP contribution < -0.4 is 4.74 Å². The molecule has 2 atom stereocenters. The van der Waals surface area contributed by atoms with Crippen molar-refractivity contribution in [2.45, 2.75) is 24.8 Å². The van der Waals surface area contributed by atoms with Crippen molar-refractivity contribution >= 4 is 10.9 Å². The van der Waals surface area contributed by atoms with Gasteiger partial charge in [0.25, 0.3) is 0 Å². The van der Waals surface area contributed by atoms with Gasteiger partial charge in [-0.2, -0.15) is 18.4 Å². The smallest absolute Gasteiger partial charge is 0.417 e. The molecule has 0 saturated heterocycles. The van der Waals surface area contributed by atoms with Gasteiger partial charge in [0.05, 0.1) is 42.0 Å². The number of halogens is 3. The van der Waals surface area contributed by atoms with Crippen molar-refractivity contribution in [3.8, 4) is 23.3 Å². The summed E-state index contributed by atoms with van der Waals surface area (Å²) >= 11 is 0. The zero-order chi connectivity index (χ0) is 26.7. The number of ether oxygens (including phenoxy) is 1. The first kappa shape index (κ1) is 26.2. The average molecular weight is 512 g/mol. The lowest BCUT2D eigenvalue weighted by atomic mass is 9.99. The standard InChI is InChI=1S/C27H23F3N2O5/c28-27(29,30)23-9-8-21(11-16(23)12-31)37-20-6-4-18(5-7-20)32-13-17(10-19(35)14-33)26-22(25(36)15-34)2-1-3-24(26)32/h1-9,11,13,19,25,33-36H,10,14-15H2. The van der Waals surface area contributed by atoms with Crippen LogP contribution in [0.1, 0.15) is 28.4 Å². The van der Waals surface area contributed by atoms with E-state index in [1.165, 1.54) is 0 Å². The van der Waals surface area contributed by atoms with E-state index in [9.17, 15) is 33.6 Å². The van der Waals surface area contributed by atoms with E-state index in [0.29, 0.717) is 33.5 Å². The maximum Gasteiger partial charge on any atom is 0.417 e. The minimum Gasteiger partial charge on any atom is -0.457 e. The van der Waals surface area contributed by atoms with Gasteiger partial charge in [-0.15, -0.1) is 0 Å². The van der Waals surface area contributed by atoms with Crippen molar-refractivity contribution in [3.63, 3.8) is 0 Å². The molecule has 1 heterocycles. The largest absolute Gasteiger partial charge is 0.457 e. The van der Waals surface area contributed by atoms with E-state index >= 15 is 0 Å². The van der Waals surface area contributed by atoms with Crippen LogP contribution in [-0.2, 0) is 12.6 Å². The molecule has 4 N–H and O–H groups in total. The number of rotatable bonds is 8. The highest BCUT2D eigenvalue weighted by Crippen LogP contribution is 2.35. The molecule has 1 aromatic heterocycles. The van der Waals surface area contributed by atoms with Gasteiger partial charge < -0.3 is 29.7 Å². The Bertz CT molecular complexity index is 1440. The van der Waals surface area contributed by atoms with E-state index in [2.05, 4.69) is 0 Å². The van der Waals surface area contributed by atoms with Crippen molar-refractivity contribution in [3.05, 3.63) is 89.1 Å². The summed E-state index contributed by atoms with van der Waals surface area (Å²) < 4.78 is 46.6. The van der Waals surface area contributed by atoms with Crippen LogP contribution in [-0.4, -0.2) is 44.3 Å². The number of hydrogen-bond acceptors (Lipinski definition) is 6. The normalized spacial score (nSPS) is 13.4. The maximum atomic E-state index is 13.0. The zero-order valence-electron chi connectivity index (χ0n) is 19.4. The molecule has 0 fully saturated rings. The van der Waals surface area contributed by atoms with Crippen LogP contribution in [0.3, 0.4) is 0 Å². The van der Waals surface area contributed by atoms with Crippen molar-refractivity contribution < 1.29 is 38.3 Å². The molecule has 37 heavy (non-hydrogen) atoms. The first-order valence-electron chi connectivity index (χ1n) is 11.3. The third-order valence-electron chi connectivity index (χ3n) is 5.91.